The highest BCUT2D eigenvalue weighted by Gasteiger charge is 2.21. The monoisotopic (exact) mass is 255 g/mol. The summed E-state index contributed by atoms with van der Waals surface area (Å²) in [5.74, 6) is 0.751. The SMILES string of the molecule is CCC(NC)C(C)S(=O)c1cccc(OC)c1. The van der Waals surface area contributed by atoms with Crippen LogP contribution in [-0.2, 0) is 10.8 Å². The van der Waals surface area contributed by atoms with Gasteiger partial charge in [0.15, 0.2) is 0 Å². The Morgan fingerprint density at radius 2 is 2.18 bits per heavy atom. The average Bonchev–Trinajstić information content (AvgIpc) is 2.39. The molecule has 1 aromatic rings. The molecule has 4 heteroatoms. The van der Waals surface area contributed by atoms with Gasteiger partial charge in [0.05, 0.1) is 23.2 Å². The van der Waals surface area contributed by atoms with Crippen LogP contribution in [-0.4, -0.2) is 29.7 Å². The molecule has 0 aliphatic heterocycles. The van der Waals surface area contributed by atoms with E-state index in [1.807, 2.05) is 38.2 Å². The molecule has 0 aromatic heterocycles. The van der Waals surface area contributed by atoms with E-state index in [0.717, 1.165) is 17.1 Å². The van der Waals surface area contributed by atoms with Crippen LogP contribution in [0.5, 0.6) is 5.75 Å². The van der Waals surface area contributed by atoms with Gasteiger partial charge >= 0.3 is 0 Å². The fourth-order valence-electron chi connectivity index (χ4n) is 1.86. The number of nitrogens with one attached hydrogen (secondary N) is 1. The summed E-state index contributed by atoms with van der Waals surface area (Å²) in [4.78, 5) is 0.825. The number of hydrogen-bond acceptors (Lipinski definition) is 3. The van der Waals surface area contributed by atoms with Crippen LogP contribution in [0.3, 0.4) is 0 Å². The number of rotatable bonds is 6. The molecule has 96 valence electrons. The standard InChI is InChI=1S/C13H21NO2S/c1-5-13(14-3)10(2)17(15)12-8-6-7-11(9-12)16-4/h6-10,13-14H,5H2,1-4H3. The maximum absolute atomic E-state index is 12.4. The third kappa shape index (κ3) is 3.54. The molecule has 0 saturated heterocycles. The van der Waals surface area contributed by atoms with Gasteiger partial charge in [0.25, 0.3) is 0 Å². The van der Waals surface area contributed by atoms with Crippen LogP contribution in [0.25, 0.3) is 0 Å². The summed E-state index contributed by atoms with van der Waals surface area (Å²) < 4.78 is 17.5. The van der Waals surface area contributed by atoms with Crippen molar-refractivity contribution in [2.24, 2.45) is 0 Å². The van der Waals surface area contributed by atoms with Crippen molar-refractivity contribution in [3.8, 4) is 5.75 Å². The van der Waals surface area contributed by atoms with Crippen LogP contribution in [0.4, 0.5) is 0 Å². The van der Waals surface area contributed by atoms with E-state index < -0.39 is 10.8 Å². The molecule has 1 N–H and O–H groups in total. The molecule has 3 atom stereocenters. The number of benzene rings is 1. The third-order valence-corrected chi connectivity index (χ3v) is 4.71. The van der Waals surface area contributed by atoms with E-state index in [4.69, 9.17) is 4.74 Å². The number of methoxy groups -OCH3 is 1. The maximum atomic E-state index is 12.4. The van der Waals surface area contributed by atoms with Gasteiger partial charge in [-0.05, 0) is 38.6 Å². The van der Waals surface area contributed by atoms with Gasteiger partial charge in [-0.2, -0.15) is 0 Å². The quantitative estimate of drug-likeness (QED) is 0.847. The summed E-state index contributed by atoms with van der Waals surface area (Å²) in [5.41, 5.74) is 0. The van der Waals surface area contributed by atoms with E-state index in [-0.39, 0.29) is 11.3 Å². The van der Waals surface area contributed by atoms with E-state index in [1.165, 1.54) is 0 Å². The molecule has 0 heterocycles. The highest BCUT2D eigenvalue weighted by Crippen LogP contribution is 2.20. The Balaban J connectivity index is 2.87. The normalized spacial score (nSPS) is 16.2. The molecule has 0 saturated carbocycles. The predicted molar refractivity (Wildman–Crippen MR) is 72.0 cm³/mol. The maximum Gasteiger partial charge on any atom is 0.120 e. The van der Waals surface area contributed by atoms with E-state index in [1.54, 1.807) is 7.11 Å². The van der Waals surface area contributed by atoms with Crippen LogP contribution in [0.2, 0.25) is 0 Å². The first-order valence-electron chi connectivity index (χ1n) is 5.85. The largest absolute Gasteiger partial charge is 0.497 e. The van der Waals surface area contributed by atoms with E-state index in [9.17, 15) is 4.21 Å². The minimum absolute atomic E-state index is 0.0807. The van der Waals surface area contributed by atoms with E-state index in [2.05, 4.69) is 12.2 Å². The Morgan fingerprint density at radius 3 is 2.71 bits per heavy atom. The van der Waals surface area contributed by atoms with Crippen molar-refractivity contribution in [1.29, 1.82) is 0 Å². The zero-order chi connectivity index (χ0) is 12.8. The van der Waals surface area contributed by atoms with Crippen LogP contribution in [0, 0.1) is 0 Å². The molecule has 0 radical (unpaired) electrons. The smallest absolute Gasteiger partial charge is 0.120 e. The molecule has 0 spiro atoms. The Labute approximate surface area is 106 Å². The average molecular weight is 255 g/mol. The lowest BCUT2D eigenvalue weighted by atomic mass is 10.2. The highest BCUT2D eigenvalue weighted by molar-refractivity contribution is 7.85. The molecule has 3 unspecified atom stereocenters. The molecule has 1 aromatic carbocycles. The Kier molecular flexibility index (Phi) is 5.65. The molecule has 17 heavy (non-hydrogen) atoms. The second kappa shape index (κ2) is 6.77. The molecule has 3 nitrogen and oxygen atoms in total. The Bertz CT molecular complexity index is 377. The minimum atomic E-state index is -1.01. The molecule has 0 bridgehead atoms. The first-order chi connectivity index (χ1) is 8.13. The first-order valence-corrected chi connectivity index (χ1v) is 7.07. The minimum Gasteiger partial charge on any atom is -0.497 e. The fourth-order valence-corrected chi connectivity index (χ4v) is 3.36. The van der Waals surface area contributed by atoms with Gasteiger partial charge in [-0.15, -0.1) is 0 Å². The Hall–Kier alpha value is -0.870. The van der Waals surface area contributed by atoms with Gasteiger partial charge in [0, 0.05) is 10.9 Å². The van der Waals surface area contributed by atoms with Gasteiger partial charge in [-0.25, -0.2) is 0 Å². The molecular weight excluding hydrogens is 234 g/mol. The van der Waals surface area contributed by atoms with Crippen LogP contribution >= 0.6 is 0 Å². The number of ether oxygens (including phenoxy) is 1. The summed E-state index contributed by atoms with van der Waals surface area (Å²) in [5, 5.41) is 3.29. The van der Waals surface area contributed by atoms with Crippen molar-refractivity contribution < 1.29 is 8.95 Å². The van der Waals surface area contributed by atoms with Crippen molar-refractivity contribution in [3.05, 3.63) is 24.3 Å². The Morgan fingerprint density at radius 1 is 1.47 bits per heavy atom. The second-order valence-electron chi connectivity index (χ2n) is 3.98. The summed E-state index contributed by atoms with van der Waals surface area (Å²) in [6.07, 6.45) is 0.966. The van der Waals surface area contributed by atoms with Gasteiger partial charge in [-0.1, -0.05) is 13.0 Å². The second-order valence-corrected chi connectivity index (χ2v) is 5.79. The zero-order valence-corrected chi connectivity index (χ0v) is 11.7. The topological polar surface area (TPSA) is 38.3 Å². The molecule has 1 rings (SSSR count). The van der Waals surface area contributed by atoms with Gasteiger partial charge in [-0.3, -0.25) is 4.21 Å². The van der Waals surface area contributed by atoms with E-state index in [0.29, 0.717) is 0 Å². The van der Waals surface area contributed by atoms with Gasteiger partial charge in [0.2, 0.25) is 0 Å². The predicted octanol–water partition coefficient (Wildman–Crippen LogP) is 2.19. The molecule has 0 aliphatic carbocycles. The van der Waals surface area contributed by atoms with Crippen LogP contribution in [0.1, 0.15) is 20.3 Å². The van der Waals surface area contributed by atoms with Crippen molar-refractivity contribution in [2.75, 3.05) is 14.2 Å². The highest BCUT2D eigenvalue weighted by atomic mass is 32.2. The summed E-state index contributed by atoms with van der Waals surface area (Å²) in [6.45, 7) is 4.11. The fraction of sp³-hybridized carbons (Fsp3) is 0.538. The van der Waals surface area contributed by atoms with Crippen molar-refractivity contribution >= 4 is 10.8 Å². The zero-order valence-electron chi connectivity index (χ0n) is 10.9. The lowest BCUT2D eigenvalue weighted by molar-refractivity contribution is 0.413. The van der Waals surface area contributed by atoms with Gasteiger partial charge in [0.1, 0.15) is 5.75 Å². The lowest BCUT2D eigenvalue weighted by Gasteiger charge is -2.21. The van der Waals surface area contributed by atoms with Crippen molar-refractivity contribution in [2.45, 2.75) is 36.5 Å². The van der Waals surface area contributed by atoms with Crippen molar-refractivity contribution in [3.63, 3.8) is 0 Å². The van der Waals surface area contributed by atoms with Crippen LogP contribution in [0.15, 0.2) is 29.2 Å². The lowest BCUT2D eigenvalue weighted by Crippen LogP contribution is -2.37. The summed E-state index contributed by atoms with van der Waals surface area (Å²) in [7, 11) is 2.52. The molecule has 0 aliphatic rings. The van der Waals surface area contributed by atoms with Crippen LogP contribution < -0.4 is 10.1 Å². The summed E-state index contributed by atoms with van der Waals surface area (Å²) in [6, 6.07) is 7.73. The molecule has 0 amide bonds. The summed E-state index contributed by atoms with van der Waals surface area (Å²) >= 11 is 0. The molecular formula is C13H21NO2S. The molecule has 0 fully saturated rings. The van der Waals surface area contributed by atoms with Gasteiger partial charge < -0.3 is 10.1 Å². The third-order valence-electron chi connectivity index (χ3n) is 2.99. The first kappa shape index (κ1) is 14.2. The van der Waals surface area contributed by atoms with E-state index >= 15 is 0 Å². The number of hydrogen-bond donors (Lipinski definition) is 1. The van der Waals surface area contributed by atoms with Crippen molar-refractivity contribution in [1.82, 2.24) is 5.32 Å².